The summed E-state index contributed by atoms with van der Waals surface area (Å²) in [5.74, 6) is 0.547. The molecule has 1 atom stereocenters. The van der Waals surface area contributed by atoms with E-state index in [0.29, 0.717) is 36.6 Å². The molecule has 0 bridgehead atoms. The molecule has 1 saturated heterocycles. The minimum Gasteiger partial charge on any atom is -0.492 e. The van der Waals surface area contributed by atoms with Gasteiger partial charge in [0.25, 0.3) is 0 Å². The van der Waals surface area contributed by atoms with Crippen molar-refractivity contribution in [2.24, 2.45) is 0 Å². The largest absolute Gasteiger partial charge is 0.492 e. The van der Waals surface area contributed by atoms with Crippen molar-refractivity contribution in [2.45, 2.75) is 24.2 Å². The number of para-hydroxylation sites is 2. The van der Waals surface area contributed by atoms with E-state index < -0.39 is 9.84 Å². The van der Waals surface area contributed by atoms with Crippen LogP contribution in [0.3, 0.4) is 0 Å². The summed E-state index contributed by atoms with van der Waals surface area (Å²) in [6.45, 7) is 5.26. The molecule has 0 radical (unpaired) electrons. The van der Waals surface area contributed by atoms with Gasteiger partial charge in [0, 0.05) is 26.2 Å². The van der Waals surface area contributed by atoms with Gasteiger partial charge in [0.2, 0.25) is 5.91 Å². The molecule has 29 heavy (non-hydrogen) atoms. The number of piperazine rings is 1. The van der Waals surface area contributed by atoms with Crippen molar-refractivity contribution < 1.29 is 17.9 Å². The van der Waals surface area contributed by atoms with Crippen LogP contribution >= 0.6 is 0 Å². The van der Waals surface area contributed by atoms with Gasteiger partial charge in [-0.1, -0.05) is 30.3 Å². The zero-order valence-electron chi connectivity index (χ0n) is 16.6. The molecular formula is C22H26N2O4S. The molecule has 0 aliphatic carbocycles. The molecule has 2 heterocycles. The number of carbonyl (C=O) groups excluding carboxylic acids is 1. The lowest BCUT2D eigenvalue weighted by Crippen LogP contribution is -2.50. The fourth-order valence-corrected chi connectivity index (χ4v) is 5.85. The maximum absolute atomic E-state index is 13.2. The first-order chi connectivity index (χ1) is 14.0. The average molecular weight is 415 g/mol. The van der Waals surface area contributed by atoms with Gasteiger partial charge in [0.1, 0.15) is 5.75 Å². The molecule has 0 aromatic heterocycles. The van der Waals surface area contributed by atoms with Crippen LogP contribution in [0.15, 0.2) is 53.4 Å². The quantitative estimate of drug-likeness (QED) is 0.770. The highest BCUT2D eigenvalue weighted by Crippen LogP contribution is 2.35. The van der Waals surface area contributed by atoms with Crippen molar-refractivity contribution >= 4 is 21.4 Å². The predicted octanol–water partition coefficient (Wildman–Crippen LogP) is 2.70. The first-order valence-corrected chi connectivity index (χ1v) is 11.7. The molecule has 2 aliphatic heterocycles. The number of anilines is 1. The SMILES string of the molecule is CCOc1ccccc1N1CCN(C(=O)C2CCS(=O)(=O)c3ccccc32)CC1. The fraction of sp³-hybridized carbons (Fsp3) is 0.409. The van der Waals surface area contributed by atoms with Crippen LogP contribution in [0.2, 0.25) is 0 Å². The van der Waals surface area contributed by atoms with Gasteiger partial charge in [-0.2, -0.15) is 0 Å². The molecule has 0 spiro atoms. The summed E-state index contributed by atoms with van der Waals surface area (Å²) < 4.78 is 30.5. The highest BCUT2D eigenvalue weighted by atomic mass is 32.2. The zero-order valence-corrected chi connectivity index (χ0v) is 17.4. The fourth-order valence-electron chi connectivity index (χ4n) is 4.23. The number of hydrogen-bond donors (Lipinski definition) is 0. The second kappa shape index (κ2) is 8.06. The first kappa shape index (κ1) is 19.8. The molecule has 2 aliphatic rings. The predicted molar refractivity (Wildman–Crippen MR) is 112 cm³/mol. The van der Waals surface area contributed by atoms with Crippen LogP contribution in [0.5, 0.6) is 5.75 Å². The number of rotatable bonds is 4. The van der Waals surface area contributed by atoms with Crippen LogP contribution in [-0.2, 0) is 14.6 Å². The van der Waals surface area contributed by atoms with E-state index in [9.17, 15) is 13.2 Å². The summed E-state index contributed by atoms with van der Waals surface area (Å²) in [5, 5.41) is 0. The van der Waals surface area contributed by atoms with Gasteiger partial charge < -0.3 is 14.5 Å². The van der Waals surface area contributed by atoms with E-state index >= 15 is 0 Å². The summed E-state index contributed by atoms with van der Waals surface area (Å²) >= 11 is 0. The monoisotopic (exact) mass is 414 g/mol. The maximum Gasteiger partial charge on any atom is 0.230 e. The van der Waals surface area contributed by atoms with Crippen molar-refractivity contribution in [1.29, 1.82) is 0 Å². The van der Waals surface area contributed by atoms with Crippen molar-refractivity contribution in [3.05, 3.63) is 54.1 Å². The van der Waals surface area contributed by atoms with Crippen molar-refractivity contribution in [3.8, 4) is 5.75 Å². The summed E-state index contributed by atoms with van der Waals surface area (Å²) in [4.78, 5) is 17.7. The Morgan fingerprint density at radius 3 is 2.48 bits per heavy atom. The Hall–Kier alpha value is -2.54. The summed E-state index contributed by atoms with van der Waals surface area (Å²) in [5.41, 5.74) is 1.70. The van der Waals surface area contributed by atoms with Crippen LogP contribution in [-0.4, -0.2) is 57.8 Å². The zero-order chi connectivity index (χ0) is 20.4. The van der Waals surface area contributed by atoms with E-state index in [2.05, 4.69) is 4.90 Å². The number of fused-ring (bicyclic) bond motifs is 1. The molecule has 2 aromatic carbocycles. The first-order valence-electron chi connectivity index (χ1n) is 10.1. The lowest BCUT2D eigenvalue weighted by molar-refractivity contribution is -0.133. The summed E-state index contributed by atoms with van der Waals surface area (Å²) in [6, 6.07) is 14.9. The van der Waals surface area contributed by atoms with Gasteiger partial charge in [-0.05, 0) is 37.1 Å². The molecule has 7 heteroatoms. The van der Waals surface area contributed by atoms with Gasteiger partial charge >= 0.3 is 0 Å². The minimum atomic E-state index is -3.29. The van der Waals surface area contributed by atoms with Gasteiger partial charge in [-0.15, -0.1) is 0 Å². The second-order valence-electron chi connectivity index (χ2n) is 7.41. The number of benzene rings is 2. The van der Waals surface area contributed by atoms with E-state index in [-0.39, 0.29) is 17.6 Å². The molecule has 4 rings (SSSR count). The van der Waals surface area contributed by atoms with Crippen LogP contribution in [0.25, 0.3) is 0 Å². The highest BCUT2D eigenvalue weighted by Gasteiger charge is 2.36. The van der Waals surface area contributed by atoms with Crippen LogP contribution in [0.1, 0.15) is 24.8 Å². The average Bonchev–Trinajstić information content (AvgIpc) is 2.74. The third-order valence-electron chi connectivity index (χ3n) is 5.70. The van der Waals surface area contributed by atoms with Crippen molar-refractivity contribution in [3.63, 3.8) is 0 Å². The van der Waals surface area contributed by atoms with E-state index in [1.807, 2.05) is 42.2 Å². The Kier molecular flexibility index (Phi) is 5.50. The summed E-state index contributed by atoms with van der Waals surface area (Å²) in [6.07, 6.45) is 0.353. The number of carbonyl (C=O) groups is 1. The molecule has 6 nitrogen and oxygen atoms in total. The normalized spacial score (nSPS) is 20.8. The minimum absolute atomic E-state index is 0.0299. The van der Waals surface area contributed by atoms with Gasteiger partial charge in [-0.3, -0.25) is 4.79 Å². The van der Waals surface area contributed by atoms with Gasteiger partial charge in [0.05, 0.1) is 28.9 Å². The highest BCUT2D eigenvalue weighted by molar-refractivity contribution is 7.91. The second-order valence-corrected chi connectivity index (χ2v) is 9.49. The molecular weight excluding hydrogens is 388 g/mol. The number of nitrogens with zero attached hydrogens (tertiary/aromatic N) is 2. The molecule has 1 unspecified atom stereocenters. The lowest BCUT2D eigenvalue weighted by Gasteiger charge is -2.38. The topological polar surface area (TPSA) is 66.9 Å². The van der Waals surface area contributed by atoms with E-state index in [1.54, 1.807) is 18.2 Å². The van der Waals surface area contributed by atoms with E-state index in [4.69, 9.17) is 4.74 Å². The lowest BCUT2D eigenvalue weighted by atomic mass is 9.94. The Morgan fingerprint density at radius 2 is 1.72 bits per heavy atom. The van der Waals surface area contributed by atoms with Gasteiger partial charge in [-0.25, -0.2) is 8.42 Å². The Bertz CT molecular complexity index is 997. The molecule has 2 aromatic rings. The Labute approximate surface area is 172 Å². The Morgan fingerprint density at radius 1 is 1.03 bits per heavy atom. The number of amides is 1. The van der Waals surface area contributed by atoms with E-state index in [0.717, 1.165) is 24.5 Å². The molecule has 0 N–H and O–H groups in total. The van der Waals surface area contributed by atoms with Gasteiger partial charge in [0.15, 0.2) is 9.84 Å². The third-order valence-corrected chi connectivity index (χ3v) is 7.52. The molecule has 1 fully saturated rings. The number of hydrogen-bond acceptors (Lipinski definition) is 5. The number of sulfone groups is 1. The third kappa shape index (κ3) is 3.83. The van der Waals surface area contributed by atoms with Crippen LogP contribution in [0.4, 0.5) is 5.69 Å². The van der Waals surface area contributed by atoms with E-state index in [1.165, 1.54) is 0 Å². The number of ether oxygens (including phenoxy) is 1. The van der Waals surface area contributed by atoms with Crippen molar-refractivity contribution in [1.82, 2.24) is 4.90 Å². The molecule has 1 amide bonds. The molecule has 154 valence electrons. The van der Waals surface area contributed by atoms with Crippen LogP contribution in [0, 0.1) is 0 Å². The van der Waals surface area contributed by atoms with Crippen LogP contribution < -0.4 is 9.64 Å². The Balaban J connectivity index is 1.48. The maximum atomic E-state index is 13.2. The summed E-state index contributed by atoms with van der Waals surface area (Å²) in [7, 11) is -3.29. The smallest absolute Gasteiger partial charge is 0.230 e. The standard InChI is InChI=1S/C22H26N2O4S/c1-2-28-20-9-5-4-8-19(20)23-12-14-24(15-13-23)22(25)18-11-16-29(26,27)21-10-6-3-7-17(18)21/h3-10,18H,2,11-16H2,1H3. The van der Waals surface area contributed by atoms with Crippen molar-refractivity contribution in [2.75, 3.05) is 43.4 Å². The molecule has 0 saturated carbocycles.